The van der Waals surface area contributed by atoms with Gasteiger partial charge in [0.2, 0.25) is 0 Å². The summed E-state index contributed by atoms with van der Waals surface area (Å²) in [5.41, 5.74) is -0.194. The Bertz CT molecular complexity index is 1250. The van der Waals surface area contributed by atoms with E-state index in [2.05, 4.69) is 0 Å². The van der Waals surface area contributed by atoms with Crippen LogP contribution in [0.5, 0.6) is 11.5 Å². The molecule has 0 aliphatic carbocycles. The first kappa shape index (κ1) is 19.2. The minimum atomic E-state index is -1.27. The highest BCUT2D eigenvalue weighted by Crippen LogP contribution is 2.40. The number of carboxylic acid groups (broad SMARTS) is 1. The highest BCUT2D eigenvalue weighted by molar-refractivity contribution is 6.37. The van der Waals surface area contributed by atoms with E-state index in [1.54, 1.807) is 24.3 Å². The molecule has 29 heavy (non-hydrogen) atoms. The minimum Gasteiger partial charge on any atom is -0.478 e. The largest absolute Gasteiger partial charge is 0.478 e. The van der Waals surface area contributed by atoms with Gasteiger partial charge in [-0.25, -0.2) is 13.6 Å². The van der Waals surface area contributed by atoms with Crippen LogP contribution in [0.2, 0.25) is 10.0 Å². The molecule has 3 aromatic carbocycles. The van der Waals surface area contributed by atoms with Crippen LogP contribution in [-0.2, 0) is 0 Å². The lowest BCUT2D eigenvalue weighted by Crippen LogP contribution is -2.02. The summed E-state index contributed by atoms with van der Waals surface area (Å²) in [6.07, 6.45) is 1.40. The number of halogens is 4. The number of hydrogen-bond acceptors (Lipinski definition) is 2. The molecule has 146 valence electrons. The molecule has 0 aliphatic rings. The van der Waals surface area contributed by atoms with Crippen LogP contribution >= 0.6 is 23.2 Å². The molecule has 4 rings (SSSR count). The molecule has 0 unspecified atom stereocenters. The zero-order chi connectivity index (χ0) is 20.7. The monoisotopic (exact) mass is 433 g/mol. The van der Waals surface area contributed by atoms with Gasteiger partial charge >= 0.3 is 5.97 Å². The van der Waals surface area contributed by atoms with Crippen LogP contribution in [0.1, 0.15) is 10.4 Å². The van der Waals surface area contributed by atoms with Gasteiger partial charge in [-0.1, -0.05) is 35.3 Å². The van der Waals surface area contributed by atoms with Gasteiger partial charge in [0, 0.05) is 5.39 Å². The Balaban J connectivity index is 1.92. The van der Waals surface area contributed by atoms with Crippen molar-refractivity contribution in [1.29, 1.82) is 0 Å². The van der Waals surface area contributed by atoms with Crippen LogP contribution in [0.3, 0.4) is 0 Å². The first-order valence-electron chi connectivity index (χ1n) is 8.31. The molecule has 8 heteroatoms. The molecule has 0 bridgehead atoms. The van der Waals surface area contributed by atoms with Crippen molar-refractivity contribution in [3.05, 3.63) is 88.0 Å². The van der Waals surface area contributed by atoms with E-state index in [1.807, 2.05) is 0 Å². The highest BCUT2D eigenvalue weighted by atomic mass is 35.5. The maximum Gasteiger partial charge on any atom is 0.335 e. The van der Waals surface area contributed by atoms with Crippen molar-refractivity contribution in [2.75, 3.05) is 0 Å². The number of fused-ring (bicyclic) bond motifs is 1. The molecule has 0 amide bonds. The van der Waals surface area contributed by atoms with E-state index in [-0.39, 0.29) is 38.3 Å². The topological polar surface area (TPSA) is 51.5 Å². The molecule has 0 spiro atoms. The summed E-state index contributed by atoms with van der Waals surface area (Å²) in [5, 5.41) is 9.90. The van der Waals surface area contributed by atoms with Crippen molar-refractivity contribution < 1.29 is 23.4 Å². The van der Waals surface area contributed by atoms with Gasteiger partial charge in [-0.2, -0.15) is 0 Å². The number of ether oxygens (including phenoxy) is 1. The third-order valence-electron chi connectivity index (χ3n) is 4.32. The summed E-state index contributed by atoms with van der Waals surface area (Å²) in [6, 6.07) is 12.5. The Hall–Kier alpha value is -3.09. The molecule has 1 heterocycles. The predicted octanol–water partition coefficient (Wildman–Crippen LogP) is 6.71. The second-order valence-corrected chi connectivity index (χ2v) is 6.94. The molecule has 4 nitrogen and oxygen atoms in total. The molecule has 0 saturated carbocycles. The molecule has 1 aromatic heterocycles. The number of aromatic carboxylic acids is 1. The van der Waals surface area contributed by atoms with Gasteiger partial charge in [0.15, 0.2) is 11.5 Å². The first-order chi connectivity index (χ1) is 13.9. The summed E-state index contributed by atoms with van der Waals surface area (Å²) < 4.78 is 36.4. The fraction of sp³-hybridized carbons (Fsp3) is 0. The van der Waals surface area contributed by atoms with E-state index in [1.165, 1.54) is 35.0 Å². The summed E-state index contributed by atoms with van der Waals surface area (Å²) in [7, 11) is 0. The molecule has 0 aliphatic heterocycles. The first-order valence-corrected chi connectivity index (χ1v) is 9.07. The van der Waals surface area contributed by atoms with Gasteiger partial charge in [0.25, 0.3) is 0 Å². The lowest BCUT2D eigenvalue weighted by Gasteiger charge is -2.08. The number of carbonyl (C=O) groups is 1. The number of benzene rings is 3. The third kappa shape index (κ3) is 3.41. The normalized spacial score (nSPS) is 11.0. The van der Waals surface area contributed by atoms with Crippen LogP contribution in [0.4, 0.5) is 8.78 Å². The van der Waals surface area contributed by atoms with E-state index in [9.17, 15) is 13.6 Å². The van der Waals surface area contributed by atoms with Gasteiger partial charge in [-0.3, -0.25) is 0 Å². The number of rotatable bonds is 4. The maximum absolute atomic E-state index is 14.6. The number of aromatic nitrogens is 1. The van der Waals surface area contributed by atoms with Gasteiger partial charge in [-0.15, -0.1) is 0 Å². The van der Waals surface area contributed by atoms with Gasteiger partial charge in [-0.05, 0) is 42.5 Å². The highest BCUT2D eigenvalue weighted by Gasteiger charge is 2.19. The van der Waals surface area contributed by atoms with Crippen LogP contribution in [0, 0.1) is 11.6 Å². The zero-order valence-corrected chi connectivity index (χ0v) is 16.0. The van der Waals surface area contributed by atoms with Crippen LogP contribution < -0.4 is 4.74 Å². The summed E-state index contributed by atoms with van der Waals surface area (Å²) >= 11 is 12.3. The Morgan fingerprint density at radius 2 is 1.66 bits per heavy atom. The average Bonchev–Trinajstić information content (AvgIpc) is 3.04. The van der Waals surface area contributed by atoms with Crippen molar-refractivity contribution in [2.24, 2.45) is 0 Å². The molecule has 4 aromatic rings. The van der Waals surface area contributed by atoms with Crippen molar-refractivity contribution in [3.8, 4) is 17.2 Å². The second-order valence-electron chi connectivity index (χ2n) is 6.12. The second kappa shape index (κ2) is 7.39. The summed E-state index contributed by atoms with van der Waals surface area (Å²) in [5.74, 6) is -2.31. The minimum absolute atomic E-state index is 0.0368. The molecular formula is C21H11Cl2F2NO3. The lowest BCUT2D eigenvalue weighted by molar-refractivity contribution is 0.0696. The number of hydrogen-bond donors (Lipinski definition) is 1. The smallest absolute Gasteiger partial charge is 0.335 e. The maximum atomic E-state index is 14.6. The predicted molar refractivity (Wildman–Crippen MR) is 107 cm³/mol. The van der Waals surface area contributed by atoms with E-state index in [0.717, 1.165) is 6.07 Å². The van der Waals surface area contributed by atoms with E-state index in [0.29, 0.717) is 5.39 Å². The molecule has 0 atom stereocenters. The Morgan fingerprint density at radius 3 is 2.31 bits per heavy atom. The van der Waals surface area contributed by atoms with Crippen molar-refractivity contribution >= 4 is 40.1 Å². The van der Waals surface area contributed by atoms with E-state index < -0.39 is 17.6 Å². The number of nitrogens with zero attached hydrogens (tertiary/aromatic N) is 1. The molecule has 0 radical (unpaired) electrons. The van der Waals surface area contributed by atoms with Crippen LogP contribution in [-0.4, -0.2) is 15.6 Å². The Morgan fingerprint density at radius 1 is 0.966 bits per heavy atom. The molecular weight excluding hydrogens is 423 g/mol. The lowest BCUT2D eigenvalue weighted by atomic mass is 10.2. The Labute approximate surface area is 173 Å². The SMILES string of the molecule is O=C(O)c1ccc(-n2cc(Oc3c(Cl)cccc3Cl)c3cccc(F)c32)c(F)c1. The van der Waals surface area contributed by atoms with Crippen molar-refractivity contribution in [3.63, 3.8) is 0 Å². The van der Waals surface area contributed by atoms with Gasteiger partial charge in [0.05, 0.1) is 33.0 Å². The van der Waals surface area contributed by atoms with Crippen molar-refractivity contribution in [1.82, 2.24) is 4.57 Å². The standard InChI is InChI=1S/C21H11Cl2F2NO3/c22-13-4-2-5-14(23)20(13)29-18-10-26(19-12(18)3-1-6-15(19)24)17-8-7-11(21(27)28)9-16(17)25/h1-10H,(H,27,28). The third-order valence-corrected chi connectivity index (χ3v) is 4.92. The van der Waals surface area contributed by atoms with Crippen LogP contribution in [0.15, 0.2) is 60.8 Å². The molecule has 1 N–H and O–H groups in total. The summed E-state index contributed by atoms with van der Waals surface area (Å²) in [6.45, 7) is 0. The average molecular weight is 434 g/mol. The zero-order valence-electron chi connectivity index (χ0n) is 14.5. The summed E-state index contributed by atoms with van der Waals surface area (Å²) in [4.78, 5) is 11.1. The van der Waals surface area contributed by atoms with Crippen LogP contribution in [0.25, 0.3) is 16.6 Å². The molecule has 0 saturated heterocycles. The van der Waals surface area contributed by atoms with Gasteiger partial charge < -0.3 is 14.4 Å². The fourth-order valence-electron chi connectivity index (χ4n) is 3.01. The number of para-hydroxylation sites is 2. The fourth-order valence-corrected chi connectivity index (χ4v) is 3.48. The van der Waals surface area contributed by atoms with Crippen molar-refractivity contribution in [2.45, 2.75) is 0 Å². The van der Waals surface area contributed by atoms with E-state index >= 15 is 0 Å². The van der Waals surface area contributed by atoms with E-state index in [4.69, 9.17) is 33.0 Å². The Kier molecular flexibility index (Phi) is 4.90. The number of carboxylic acids is 1. The molecule has 0 fully saturated rings. The van der Waals surface area contributed by atoms with Gasteiger partial charge in [0.1, 0.15) is 11.6 Å². The quantitative estimate of drug-likeness (QED) is 0.389.